The number of cyclic esters (lactones) is 1. The van der Waals surface area contributed by atoms with Gasteiger partial charge < -0.3 is 9.47 Å². The lowest BCUT2D eigenvalue weighted by Crippen LogP contribution is -2.38. The normalized spacial score (nSPS) is 46.4. The summed E-state index contributed by atoms with van der Waals surface area (Å²) < 4.78 is 11.7. The van der Waals surface area contributed by atoms with Crippen molar-refractivity contribution in [2.45, 2.75) is 70.2 Å². The molecule has 3 aliphatic rings. The molecular weight excluding hydrogens is 216 g/mol. The molecule has 0 aliphatic carbocycles. The number of esters is 1. The fraction of sp³-hybridized carbons (Fsp3) is 0.929. The lowest BCUT2D eigenvalue weighted by atomic mass is 9.78. The quantitative estimate of drug-likeness (QED) is 0.659. The zero-order valence-corrected chi connectivity index (χ0v) is 10.6. The van der Waals surface area contributed by atoms with Gasteiger partial charge in [0.25, 0.3) is 0 Å². The molecule has 0 radical (unpaired) electrons. The Morgan fingerprint density at radius 1 is 1.00 bits per heavy atom. The largest absolute Gasteiger partial charge is 0.462 e. The number of rotatable bonds is 1. The van der Waals surface area contributed by atoms with Gasteiger partial charge in [0.1, 0.15) is 6.10 Å². The second-order valence-electron chi connectivity index (χ2n) is 5.85. The number of carbonyl (C=O) groups excluding carboxylic acids is 1. The Bertz CT molecular complexity index is 302. The van der Waals surface area contributed by atoms with Crippen molar-refractivity contribution in [2.75, 3.05) is 0 Å². The van der Waals surface area contributed by atoms with Crippen LogP contribution in [0.3, 0.4) is 0 Å². The lowest BCUT2D eigenvalue weighted by Gasteiger charge is -2.33. The van der Waals surface area contributed by atoms with Crippen molar-refractivity contribution in [3.05, 3.63) is 0 Å². The predicted octanol–water partition coefficient (Wildman–Crippen LogP) is 2.68. The van der Waals surface area contributed by atoms with Crippen molar-refractivity contribution in [1.82, 2.24) is 0 Å². The lowest BCUT2D eigenvalue weighted by molar-refractivity contribution is -0.159. The maximum atomic E-state index is 11.4. The summed E-state index contributed by atoms with van der Waals surface area (Å²) in [5, 5.41) is 0. The number of ether oxygens (including phenoxy) is 2. The van der Waals surface area contributed by atoms with Crippen LogP contribution in [0.5, 0.6) is 0 Å². The fourth-order valence-corrected chi connectivity index (χ4v) is 3.89. The highest BCUT2D eigenvalue weighted by Gasteiger charge is 2.47. The Balaban J connectivity index is 1.75. The first-order valence-electron chi connectivity index (χ1n) is 7.10. The van der Waals surface area contributed by atoms with Gasteiger partial charge in [-0.3, -0.25) is 4.79 Å². The molecule has 0 spiro atoms. The van der Waals surface area contributed by atoms with Crippen LogP contribution < -0.4 is 0 Å². The maximum Gasteiger partial charge on any atom is 0.306 e. The van der Waals surface area contributed by atoms with Crippen LogP contribution in [0.25, 0.3) is 0 Å². The first-order chi connectivity index (χ1) is 8.25. The van der Waals surface area contributed by atoms with Gasteiger partial charge in [-0.2, -0.15) is 0 Å². The number of carbonyl (C=O) groups is 1. The van der Waals surface area contributed by atoms with E-state index in [0.717, 1.165) is 19.3 Å². The Hall–Kier alpha value is -0.570. The van der Waals surface area contributed by atoms with Crippen LogP contribution >= 0.6 is 0 Å². The van der Waals surface area contributed by atoms with E-state index in [-0.39, 0.29) is 12.1 Å². The third kappa shape index (κ3) is 2.10. The van der Waals surface area contributed by atoms with E-state index in [0.29, 0.717) is 30.5 Å². The molecule has 3 heteroatoms. The molecule has 0 aromatic carbocycles. The summed E-state index contributed by atoms with van der Waals surface area (Å²) in [7, 11) is 0. The molecule has 0 saturated carbocycles. The molecule has 3 heterocycles. The molecule has 96 valence electrons. The average Bonchev–Trinajstić information content (AvgIpc) is 2.50. The van der Waals surface area contributed by atoms with Gasteiger partial charge in [-0.25, -0.2) is 0 Å². The van der Waals surface area contributed by atoms with E-state index in [1.165, 1.54) is 19.3 Å². The molecule has 5 atom stereocenters. The van der Waals surface area contributed by atoms with Gasteiger partial charge in [-0.05, 0) is 31.6 Å². The minimum atomic E-state index is -0.00675. The Morgan fingerprint density at radius 2 is 1.71 bits per heavy atom. The number of fused-ring (bicyclic) bond motifs is 2. The van der Waals surface area contributed by atoms with E-state index in [9.17, 15) is 4.79 Å². The third-order valence-electron chi connectivity index (χ3n) is 4.78. The van der Waals surface area contributed by atoms with Crippen molar-refractivity contribution in [3.63, 3.8) is 0 Å². The third-order valence-corrected chi connectivity index (χ3v) is 4.78. The molecule has 2 bridgehead atoms. The van der Waals surface area contributed by atoms with E-state index >= 15 is 0 Å². The smallest absolute Gasteiger partial charge is 0.306 e. The minimum absolute atomic E-state index is 0.00675. The molecule has 0 amide bonds. The van der Waals surface area contributed by atoms with E-state index in [4.69, 9.17) is 9.47 Å². The molecule has 17 heavy (non-hydrogen) atoms. The SMILES string of the molecule is C[C@H]1[C@@H]([C@H]2CCCC(=O)O2)[C@@H]2CCCC[C@H]1O2. The Labute approximate surface area is 103 Å². The molecule has 3 saturated heterocycles. The first kappa shape index (κ1) is 11.5. The zero-order valence-electron chi connectivity index (χ0n) is 10.6. The zero-order chi connectivity index (χ0) is 11.8. The highest BCUT2D eigenvalue weighted by molar-refractivity contribution is 5.70. The molecule has 3 nitrogen and oxygen atoms in total. The van der Waals surface area contributed by atoms with Crippen molar-refractivity contribution in [3.8, 4) is 0 Å². The average molecular weight is 238 g/mol. The van der Waals surface area contributed by atoms with Crippen molar-refractivity contribution < 1.29 is 14.3 Å². The van der Waals surface area contributed by atoms with Crippen LogP contribution in [0.15, 0.2) is 0 Å². The van der Waals surface area contributed by atoms with Gasteiger partial charge >= 0.3 is 5.97 Å². The summed E-state index contributed by atoms with van der Waals surface area (Å²) in [6.45, 7) is 2.28. The number of hydrogen-bond acceptors (Lipinski definition) is 3. The van der Waals surface area contributed by atoms with Gasteiger partial charge in [-0.1, -0.05) is 19.8 Å². The second-order valence-corrected chi connectivity index (χ2v) is 5.85. The van der Waals surface area contributed by atoms with Crippen LogP contribution in [0, 0.1) is 11.8 Å². The molecule has 3 aliphatic heterocycles. The summed E-state index contributed by atoms with van der Waals surface area (Å²) in [6.07, 6.45) is 8.41. The van der Waals surface area contributed by atoms with E-state index < -0.39 is 0 Å². The van der Waals surface area contributed by atoms with Gasteiger partial charge in [-0.15, -0.1) is 0 Å². The topological polar surface area (TPSA) is 35.5 Å². The molecule has 3 rings (SSSR count). The molecule has 3 fully saturated rings. The molecular formula is C14H22O3. The fourth-order valence-electron chi connectivity index (χ4n) is 3.89. The molecule has 0 aromatic rings. The van der Waals surface area contributed by atoms with E-state index in [2.05, 4.69) is 6.92 Å². The molecule has 0 unspecified atom stereocenters. The maximum absolute atomic E-state index is 11.4. The Morgan fingerprint density at radius 3 is 2.47 bits per heavy atom. The van der Waals surface area contributed by atoms with Crippen LogP contribution in [0.1, 0.15) is 51.9 Å². The summed E-state index contributed by atoms with van der Waals surface area (Å²) in [5.41, 5.74) is 0. The van der Waals surface area contributed by atoms with E-state index in [1.807, 2.05) is 0 Å². The summed E-state index contributed by atoms with van der Waals surface area (Å²) in [5.74, 6) is 0.994. The standard InChI is InChI=1S/C14H22O3/c1-9-10-5-2-3-6-11(16-10)14(9)12-7-4-8-13(15)17-12/h9-12,14H,2-8H2,1H3/t9-,10-,11+,12-,14-/m1/s1. The van der Waals surface area contributed by atoms with Crippen LogP contribution in [-0.2, 0) is 14.3 Å². The van der Waals surface area contributed by atoms with Crippen molar-refractivity contribution in [1.29, 1.82) is 0 Å². The van der Waals surface area contributed by atoms with E-state index in [1.54, 1.807) is 0 Å². The first-order valence-corrected chi connectivity index (χ1v) is 7.10. The number of hydrogen-bond donors (Lipinski definition) is 0. The van der Waals surface area contributed by atoms with Crippen LogP contribution in [0.2, 0.25) is 0 Å². The van der Waals surface area contributed by atoms with Gasteiger partial charge in [0, 0.05) is 12.3 Å². The summed E-state index contributed by atoms with van der Waals surface area (Å²) in [4.78, 5) is 11.4. The highest BCUT2D eigenvalue weighted by atomic mass is 16.6. The molecule has 0 aromatic heterocycles. The predicted molar refractivity (Wildman–Crippen MR) is 63.5 cm³/mol. The Kier molecular flexibility index (Phi) is 3.12. The van der Waals surface area contributed by atoms with Crippen molar-refractivity contribution >= 4 is 5.97 Å². The van der Waals surface area contributed by atoms with Gasteiger partial charge in [0.05, 0.1) is 12.2 Å². The summed E-state index contributed by atoms with van der Waals surface area (Å²) >= 11 is 0. The summed E-state index contributed by atoms with van der Waals surface area (Å²) in [6, 6.07) is 0. The minimum Gasteiger partial charge on any atom is -0.462 e. The van der Waals surface area contributed by atoms with Crippen LogP contribution in [0.4, 0.5) is 0 Å². The molecule has 0 N–H and O–H groups in total. The monoisotopic (exact) mass is 238 g/mol. The second kappa shape index (κ2) is 4.60. The highest BCUT2D eigenvalue weighted by Crippen LogP contribution is 2.44. The van der Waals surface area contributed by atoms with Crippen molar-refractivity contribution in [2.24, 2.45) is 11.8 Å². The van der Waals surface area contributed by atoms with Gasteiger partial charge in [0.15, 0.2) is 0 Å². The van der Waals surface area contributed by atoms with Crippen LogP contribution in [-0.4, -0.2) is 24.3 Å². The van der Waals surface area contributed by atoms with Gasteiger partial charge in [0.2, 0.25) is 0 Å².